The van der Waals surface area contributed by atoms with Crippen molar-refractivity contribution < 1.29 is 0 Å². The first kappa shape index (κ1) is 13.8. The molecule has 3 rings (SSSR count). The summed E-state index contributed by atoms with van der Waals surface area (Å²) in [6.45, 7) is 0. The maximum absolute atomic E-state index is 2.42. The van der Waals surface area contributed by atoms with Gasteiger partial charge in [0.05, 0.1) is 0 Å². The van der Waals surface area contributed by atoms with Crippen LogP contribution in [0.15, 0.2) is 59.5 Å². The molecule has 1 aliphatic carbocycles. The van der Waals surface area contributed by atoms with Crippen molar-refractivity contribution in [1.29, 1.82) is 0 Å². The highest BCUT2D eigenvalue weighted by Gasteiger charge is 2.15. The molecular weight excluding hydrogens is 260 g/mol. The van der Waals surface area contributed by atoms with Crippen LogP contribution in [0.2, 0.25) is 0 Å². The second kappa shape index (κ2) is 6.99. The van der Waals surface area contributed by atoms with Gasteiger partial charge >= 0.3 is 0 Å². The van der Waals surface area contributed by atoms with Crippen LogP contribution >= 0.6 is 11.8 Å². The van der Waals surface area contributed by atoms with E-state index < -0.39 is 0 Å². The van der Waals surface area contributed by atoms with Gasteiger partial charge in [-0.25, -0.2) is 0 Å². The van der Waals surface area contributed by atoms with Gasteiger partial charge in [0.25, 0.3) is 0 Å². The highest BCUT2D eigenvalue weighted by Crippen LogP contribution is 2.34. The predicted octanol–water partition coefficient (Wildman–Crippen LogP) is 6.03. The van der Waals surface area contributed by atoms with Crippen molar-refractivity contribution >= 4 is 11.8 Å². The summed E-state index contributed by atoms with van der Waals surface area (Å²) in [5.74, 6) is 1.87. The molecule has 0 atom stereocenters. The zero-order valence-corrected chi connectivity index (χ0v) is 12.7. The van der Waals surface area contributed by atoms with E-state index in [0.717, 1.165) is 11.7 Å². The average molecular weight is 282 g/mol. The van der Waals surface area contributed by atoms with Gasteiger partial charge in [-0.1, -0.05) is 61.7 Å². The molecule has 0 saturated heterocycles. The van der Waals surface area contributed by atoms with Crippen molar-refractivity contribution in [2.75, 3.05) is 0 Å². The standard InChI is InChI=1S/C19H22S/c1-3-8-16(9-4-1)15-20-19-13-7-12-18(14-19)17-10-5-2-6-11-17/h1,3-4,7-9,12-14,17H,2,5-6,10-11,15H2. The van der Waals surface area contributed by atoms with Gasteiger partial charge in [-0.15, -0.1) is 11.8 Å². The molecule has 0 aromatic heterocycles. The van der Waals surface area contributed by atoms with Crippen LogP contribution in [-0.2, 0) is 5.75 Å². The summed E-state index contributed by atoms with van der Waals surface area (Å²) in [7, 11) is 0. The number of hydrogen-bond donors (Lipinski definition) is 0. The fourth-order valence-corrected chi connectivity index (χ4v) is 3.96. The average Bonchev–Trinajstić information content (AvgIpc) is 2.55. The van der Waals surface area contributed by atoms with Crippen LogP contribution in [0.4, 0.5) is 0 Å². The first-order chi connectivity index (χ1) is 9.92. The zero-order valence-electron chi connectivity index (χ0n) is 11.9. The van der Waals surface area contributed by atoms with Crippen LogP contribution in [0.1, 0.15) is 49.1 Å². The molecular formula is C19H22S. The fourth-order valence-electron chi connectivity index (χ4n) is 3.04. The lowest BCUT2D eigenvalue weighted by Crippen LogP contribution is -2.04. The SMILES string of the molecule is c1ccc(CSc2cccc(C3CCCCC3)c2)cc1. The van der Waals surface area contributed by atoms with E-state index in [4.69, 9.17) is 0 Å². The first-order valence-electron chi connectivity index (χ1n) is 7.68. The Hall–Kier alpha value is -1.21. The minimum absolute atomic E-state index is 0.807. The summed E-state index contributed by atoms with van der Waals surface area (Å²) in [5.41, 5.74) is 2.96. The number of rotatable bonds is 4. The highest BCUT2D eigenvalue weighted by atomic mass is 32.2. The van der Waals surface area contributed by atoms with Gasteiger partial charge in [0, 0.05) is 10.6 Å². The third-order valence-electron chi connectivity index (χ3n) is 4.18. The van der Waals surface area contributed by atoms with Crippen LogP contribution < -0.4 is 0 Å². The summed E-state index contributed by atoms with van der Waals surface area (Å²) < 4.78 is 0. The third-order valence-corrected chi connectivity index (χ3v) is 5.25. The van der Waals surface area contributed by atoms with Crippen LogP contribution in [0, 0.1) is 0 Å². The van der Waals surface area contributed by atoms with Crippen molar-refractivity contribution in [3.05, 3.63) is 65.7 Å². The third kappa shape index (κ3) is 3.67. The molecule has 0 unspecified atom stereocenters. The van der Waals surface area contributed by atoms with E-state index in [1.807, 2.05) is 11.8 Å². The molecule has 0 amide bonds. The molecule has 1 saturated carbocycles. The quantitative estimate of drug-likeness (QED) is 0.617. The number of hydrogen-bond acceptors (Lipinski definition) is 1. The molecule has 0 spiro atoms. The molecule has 0 nitrogen and oxygen atoms in total. The number of benzene rings is 2. The molecule has 20 heavy (non-hydrogen) atoms. The highest BCUT2D eigenvalue weighted by molar-refractivity contribution is 7.98. The Labute approximate surface area is 126 Å². The second-order valence-corrected chi connectivity index (χ2v) is 6.73. The monoisotopic (exact) mass is 282 g/mol. The smallest absolute Gasteiger partial charge is 0.0231 e. The van der Waals surface area contributed by atoms with Crippen LogP contribution in [0.5, 0.6) is 0 Å². The normalized spacial score (nSPS) is 16.2. The van der Waals surface area contributed by atoms with Gasteiger partial charge in [0.1, 0.15) is 0 Å². The summed E-state index contributed by atoms with van der Waals surface area (Å²) in [6.07, 6.45) is 7.01. The Morgan fingerprint density at radius 2 is 1.65 bits per heavy atom. The summed E-state index contributed by atoms with van der Waals surface area (Å²) >= 11 is 1.95. The molecule has 0 heterocycles. The van der Waals surface area contributed by atoms with Gasteiger partial charge < -0.3 is 0 Å². The molecule has 0 aliphatic heterocycles. The van der Waals surface area contributed by atoms with E-state index in [1.165, 1.54) is 42.6 Å². The van der Waals surface area contributed by atoms with Crippen molar-refractivity contribution in [2.24, 2.45) is 0 Å². The first-order valence-corrected chi connectivity index (χ1v) is 8.67. The van der Waals surface area contributed by atoms with Crippen LogP contribution in [0.25, 0.3) is 0 Å². The lowest BCUT2D eigenvalue weighted by Gasteiger charge is -2.22. The van der Waals surface area contributed by atoms with E-state index in [-0.39, 0.29) is 0 Å². The van der Waals surface area contributed by atoms with E-state index in [1.54, 1.807) is 5.56 Å². The summed E-state index contributed by atoms with van der Waals surface area (Å²) in [6, 6.07) is 20.0. The molecule has 1 heteroatoms. The summed E-state index contributed by atoms with van der Waals surface area (Å²) in [5, 5.41) is 0. The molecule has 2 aromatic rings. The van der Waals surface area contributed by atoms with Gasteiger partial charge in [-0.3, -0.25) is 0 Å². The lowest BCUT2D eigenvalue weighted by atomic mass is 9.84. The van der Waals surface area contributed by atoms with E-state index in [2.05, 4.69) is 54.6 Å². The topological polar surface area (TPSA) is 0 Å². The Balaban J connectivity index is 1.65. The van der Waals surface area contributed by atoms with Crippen molar-refractivity contribution in [3.63, 3.8) is 0 Å². The van der Waals surface area contributed by atoms with Crippen molar-refractivity contribution in [1.82, 2.24) is 0 Å². The lowest BCUT2D eigenvalue weighted by molar-refractivity contribution is 0.443. The maximum atomic E-state index is 2.42. The predicted molar refractivity (Wildman–Crippen MR) is 88.3 cm³/mol. The molecule has 0 bridgehead atoms. The van der Waals surface area contributed by atoms with Crippen molar-refractivity contribution in [3.8, 4) is 0 Å². The Morgan fingerprint density at radius 1 is 0.850 bits per heavy atom. The van der Waals surface area contributed by atoms with Gasteiger partial charge in [-0.05, 0) is 42.0 Å². The molecule has 104 valence electrons. The fraction of sp³-hybridized carbons (Fsp3) is 0.368. The Kier molecular flexibility index (Phi) is 4.81. The largest absolute Gasteiger partial charge is 0.121 e. The van der Waals surface area contributed by atoms with Gasteiger partial charge in [0.15, 0.2) is 0 Å². The Morgan fingerprint density at radius 3 is 2.45 bits per heavy atom. The minimum atomic E-state index is 0.807. The maximum Gasteiger partial charge on any atom is 0.0231 e. The molecule has 2 aromatic carbocycles. The van der Waals surface area contributed by atoms with E-state index in [0.29, 0.717) is 0 Å². The minimum Gasteiger partial charge on any atom is -0.121 e. The van der Waals surface area contributed by atoms with Gasteiger partial charge in [-0.2, -0.15) is 0 Å². The van der Waals surface area contributed by atoms with Crippen LogP contribution in [0.3, 0.4) is 0 Å². The molecule has 0 radical (unpaired) electrons. The molecule has 1 aliphatic rings. The van der Waals surface area contributed by atoms with Crippen molar-refractivity contribution in [2.45, 2.75) is 48.7 Å². The molecule has 1 fully saturated rings. The Bertz CT molecular complexity index is 526. The molecule has 0 N–H and O–H groups in total. The van der Waals surface area contributed by atoms with Crippen LogP contribution in [-0.4, -0.2) is 0 Å². The van der Waals surface area contributed by atoms with E-state index >= 15 is 0 Å². The van der Waals surface area contributed by atoms with E-state index in [9.17, 15) is 0 Å². The zero-order chi connectivity index (χ0) is 13.6. The van der Waals surface area contributed by atoms with Gasteiger partial charge in [0.2, 0.25) is 0 Å². The summed E-state index contributed by atoms with van der Waals surface area (Å²) in [4.78, 5) is 1.41. The second-order valence-electron chi connectivity index (χ2n) is 5.68. The number of thioether (sulfide) groups is 1.